The molecule has 162 valence electrons. The summed E-state index contributed by atoms with van der Waals surface area (Å²) in [6.45, 7) is 3.12. The van der Waals surface area contributed by atoms with E-state index in [1.54, 1.807) is 22.5 Å². The van der Waals surface area contributed by atoms with Crippen molar-refractivity contribution in [2.75, 3.05) is 43.2 Å². The van der Waals surface area contributed by atoms with Crippen LogP contribution in [0.15, 0.2) is 52.3 Å². The predicted molar refractivity (Wildman–Crippen MR) is 124 cm³/mol. The van der Waals surface area contributed by atoms with Gasteiger partial charge in [-0.2, -0.15) is 4.31 Å². The Morgan fingerprint density at radius 3 is 2.37 bits per heavy atom. The summed E-state index contributed by atoms with van der Waals surface area (Å²) in [5, 5.41) is 2.90. The van der Waals surface area contributed by atoms with Gasteiger partial charge in [0, 0.05) is 32.1 Å². The summed E-state index contributed by atoms with van der Waals surface area (Å²) in [6, 6.07) is 13.0. The molecule has 0 radical (unpaired) electrons. The van der Waals surface area contributed by atoms with E-state index in [1.807, 2.05) is 50.2 Å². The minimum atomic E-state index is -3.56. The fourth-order valence-corrected chi connectivity index (χ4v) is 5.63. The van der Waals surface area contributed by atoms with Gasteiger partial charge in [-0.05, 0) is 50.1 Å². The number of carbonyl (C=O) groups is 1. The molecular formula is C22H29N3O3S2. The Balaban J connectivity index is 1.77. The summed E-state index contributed by atoms with van der Waals surface area (Å²) in [4.78, 5) is 15.7. The lowest BCUT2D eigenvalue weighted by Gasteiger charge is -2.26. The second-order valence-electron chi connectivity index (χ2n) is 7.69. The predicted octanol–water partition coefficient (Wildman–Crippen LogP) is 3.97. The van der Waals surface area contributed by atoms with Crippen LogP contribution in [0.5, 0.6) is 0 Å². The highest BCUT2D eigenvalue weighted by Gasteiger charge is 2.27. The van der Waals surface area contributed by atoms with Gasteiger partial charge in [-0.3, -0.25) is 4.79 Å². The number of anilines is 2. The molecule has 1 fully saturated rings. The maximum absolute atomic E-state index is 13.0. The van der Waals surface area contributed by atoms with Gasteiger partial charge >= 0.3 is 0 Å². The second-order valence-corrected chi connectivity index (χ2v) is 10.7. The number of nitrogens with zero attached hydrogens (tertiary/aromatic N) is 2. The summed E-state index contributed by atoms with van der Waals surface area (Å²) in [6.07, 6.45) is 2.83. The van der Waals surface area contributed by atoms with Gasteiger partial charge < -0.3 is 10.2 Å². The first kappa shape index (κ1) is 22.7. The Kier molecular flexibility index (Phi) is 7.44. The van der Waals surface area contributed by atoms with E-state index in [2.05, 4.69) is 5.32 Å². The SMILES string of the molecule is Cc1ccc(SCC(=O)Nc2cc(S(=O)(=O)N3CCCCC3)ccc2N(C)C)cc1. The third kappa shape index (κ3) is 5.56. The highest BCUT2D eigenvalue weighted by Crippen LogP contribution is 2.30. The summed E-state index contributed by atoms with van der Waals surface area (Å²) in [5.41, 5.74) is 2.44. The minimum absolute atomic E-state index is 0.170. The van der Waals surface area contributed by atoms with Crippen molar-refractivity contribution in [3.8, 4) is 0 Å². The van der Waals surface area contributed by atoms with Gasteiger partial charge in [0.15, 0.2) is 0 Å². The number of piperidine rings is 1. The molecule has 0 spiro atoms. The highest BCUT2D eigenvalue weighted by atomic mass is 32.2. The van der Waals surface area contributed by atoms with Crippen molar-refractivity contribution in [3.63, 3.8) is 0 Å². The van der Waals surface area contributed by atoms with Crippen LogP contribution in [0.25, 0.3) is 0 Å². The summed E-state index contributed by atoms with van der Waals surface area (Å²) >= 11 is 1.45. The van der Waals surface area contributed by atoms with Crippen LogP contribution in [0.3, 0.4) is 0 Å². The molecule has 1 heterocycles. The average Bonchev–Trinajstić information content (AvgIpc) is 2.73. The maximum Gasteiger partial charge on any atom is 0.243 e. The van der Waals surface area contributed by atoms with Crippen molar-refractivity contribution in [3.05, 3.63) is 48.0 Å². The zero-order valence-electron chi connectivity index (χ0n) is 17.7. The van der Waals surface area contributed by atoms with Crippen molar-refractivity contribution in [1.82, 2.24) is 4.31 Å². The minimum Gasteiger partial charge on any atom is -0.376 e. The molecule has 6 nitrogen and oxygen atoms in total. The molecular weight excluding hydrogens is 418 g/mol. The molecule has 3 rings (SSSR count). The molecule has 0 unspecified atom stereocenters. The standard InChI is InChI=1S/C22H29N3O3S2/c1-17-7-9-18(10-8-17)29-16-22(26)23-20-15-19(11-12-21(20)24(2)3)30(27,28)25-13-5-4-6-14-25/h7-12,15H,4-6,13-14,16H2,1-3H3,(H,23,26). The van der Waals surface area contributed by atoms with E-state index >= 15 is 0 Å². The van der Waals surface area contributed by atoms with Crippen LogP contribution in [0.1, 0.15) is 24.8 Å². The lowest BCUT2D eigenvalue weighted by Crippen LogP contribution is -2.35. The van der Waals surface area contributed by atoms with Gasteiger partial charge in [-0.15, -0.1) is 11.8 Å². The van der Waals surface area contributed by atoms with Crippen LogP contribution in [-0.2, 0) is 14.8 Å². The maximum atomic E-state index is 13.0. The second kappa shape index (κ2) is 9.85. The smallest absolute Gasteiger partial charge is 0.243 e. The number of nitrogens with one attached hydrogen (secondary N) is 1. The van der Waals surface area contributed by atoms with E-state index in [9.17, 15) is 13.2 Å². The first-order valence-electron chi connectivity index (χ1n) is 10.1. The van der Waals surface area contributed by atoms with Crippen LogP contribution >= 0.6 is 11.8 Å². The molecule has 0 bridgehead atoms. The zero-order chi connectivity index (χ0) is 21.7. The monoisotopic (exact) mass is 447 g/mol. The van der Waals surface area contributed by atoms with Crippen LogP contribution in [0.2, 0.25) is 0 Å². The molecule has 1 aliphatic rings. The quantitative estimate of drug-likeness (QED) is 0.651. The van der Waals surface area contributed by atoms with Crippen molar-refractivity contribution in [2.45, 2.75) is 36.0 Å². The van der Waals surface area contributed by atoms with Crippen molar-refractivity contribution >= 4 is 39.1 Å². The number of sulfonamides is 1. The third-order valence-electron chi connectivity index (χ3n) is 5.07. The number of hydrogen-bond donors (Lipinski definition) is 1. The van der Waals surface area contributed by atoms with Crippen LogP contribution in [0.4, 0.5) is 11.4 Å². The van der Waals surface area contributed by atoms with Crippen molar-refractivity contribution < 1.29 is 13.2 Å². The Bertz CT molecular complexity index is 983. The molecule has 1 amide bonds. The van der Waals surface area contributed by atoms with E-state index < -0.39 is 10.0 Å². The number of rotatable bonds is 7. The largest absolute Gasteiger partial charge is 0.376 e. The van der Waals surface area contributed by atoms with E-state index in [-0.39, 0.29) is 16.6 Å². The Morgan fingerprint density at radius 1 is 1.07 bits per heavy atom. The van der Waals surface area contributed by atoms with Gasteiger partial charge in [0.05, 0.1) is 22.0 Å². The molecule has 1 aliphatic heterocycles. The summed E-state index contributed by atoms with van der Waals surface area (Å²) < 4.78 is 27.6. The Hall–Kier alpha value is -2.03. The van der Waals surface area contributed by atoms with Crippen molar-refractivity contribution in [2.24, 2.45) is 0 Å². The topological polar surface area (TPSA) is 69.7 Å². The Morgan fingerprint density at radius 2 is 1.73 bits per heavy atom. The average molecular weight is 448 g/mol. The van der Waals surface area contributed by atoms with E-state index in [0.717, 1.165) is 29.8 Å². The number of benzene rings is 2. The summed E-state index contributed by atoms with van der Waals surface area (Å²) in [5.74, 6) is 0.0789. The first-order chi connectivity index (χ1) is 14.3. The van der Waals surface area contributed by atoms with Crippen LogP contribution < -0.4 is 10.2 Å². The number of amides is 1. The fraction of sp³-hybridized carbons (Fsp3) is 0.409. The molecule has 30 heavy (non-hydrogen) atoms. The molecule has 0 aliphatic carbocycles. The fourth-order valence-electron chi connectivity index (χ4n) is 3.39. The molecule has 2 aromatic carbocycles. The molecule has 0 aromatic heterocycles. The molecule has 1 N–H and O–H groups in total. The molecule has 0 saturated carbocycles. The lowest BCUT2D eigenvalue weighted by atomic mass is 10.2. The molecule has 8 heteroatoms. The number of carbonyl (C=O) groups excluding carboxylic acids is 1. The van der Waals surface area contributed by atoms with Gasteiger partial charge in [0.25, 0.3) is 0 Å². The number of thioether (sulfide) groups is 1. The van der Waals surface area contributed by atoms with E-state index in [4.69, 9.17) is 0 Å². The number of hydrogen-bond acceptors (Lipinski definition) is 5. The third-order valence-corrected chi connectivity index (χ3v) is 7.97. The lowest BCUT2D eigenvalue weighted by molar-refractivity contribution is -0.113. The number of aryl methyl sites for hydroxylation is 1. The Labute approximate surface area is 183 Å². The molecule has 0 atom stereocenters. The van der Waals surface area contributed by atoms with Gasteiger partial charge in [-0.1, -0.05) is 24.1 Å². The van der Waals surface area contributed by atoms with Gasteiger partial charge in [-0.25, -0.2) is 8.42 Å². The zero-order valence-corrected chi connectivity index (χ0v) is 19.4. The molecule has 1 saturated heterocycles. The van der Waals surface area contributed by atoms with E-state index in [1.165, 1.54) is 17.3 Å². The van der Waals surface area contributed by atoms with Crippen LogP contribution in [-0.4, -0.2) is 51.6 Å². The van der Waals surface area contributed by atoms with E-state index in [0.29, 0.717) is 18.8 Å². The normalized spacial score (nSPS) is 15.0. The van der Waals surface area contributed by atoms with Gasteiger partial charge in [0.1, 0.15) is 0 Å². The molecule has 2 aromatic rings. The van der Waals surface area contributed by atoms with Crippen LogP contribution in [0, 0.1) is 6.92 Å². The first-order valence-corrected chi connectivity index (χ1v) is 12.5. The van der Waals surface area contributed by atoms with Gasteiger partial charge in [0.2, 0.25) is 15.9 Å². The van der Waals surface area contributed by atoms with Crippen molar-refractivity contribution in [1.29, 1.82) is 0 Å². The summed E-state index contributed by atoms with van der Waals surface area (Å²) in [7, 11) is 0.168. The highest BCUT2D eigenvalue weighted by molar-refractivity contribution is 8.00.